The summed E-state index contributed by atoms with van der Waals surface area (Å²) < 4.78 is 0. The summed E-state index contributed by atoms with van der Waals surface area (Å²) in [5, 5.41) is 20.3. The second-order valence-corrected chi connectivity index (χ2v) is 2.75. The monoisotopic (exact) mass is 158 g/mol. The summed E-state index contributed by atoms with van der Waals surface area (Å²) in [6.45, 7) is 3.26. The third-order valence-electron chi connectivity index (χ3n) is 1.49. The van der Waals surface area contributed by atoms with E-state index in [1.54, 1.807) is 13.8 Å². The Labute approximate surface area is 64.8 Å². The molecule has 0 aromatic carbocycles. The Bertz CT molecular complexity index is 162. The van der Waals surface area contributed by atoms with Crippen LogP contribution in [-0.2, 0) is 9.59 Å². The largest absolute Gasteiger partial charge is 0.550 e. The zero-order chi connectivity index (χ0) is 9.02. The van der Waals surface area contributed by atoms with Crippen molar-refractivity contribution in [1.82, 2.24) is 0 Å². The number of hydrogen-bond donors (Lipinski definition) is 0. The average molecular weight is 158 g/mol. The lowest BCUT2D eigenvalue weighted by molar-refractivity contribution is -0.322. The first-order valence-electron chi connectivity index (χ1n) is 3.36. The van der Waals surface area contributed by atoms with Gasteiger partial charge in [0.05, 0.1) is 0 Å². The maximum atomic E-state index is 10.3. The van der Waals surface area contributed by atoms with Gasteiger partial charge in [-0.1, -0.05) is 13.8 Å². The van der Waals surface area contributed by atoms with Crippen molar-refractivity contribution in [2.75, 3.05) is 0 Å². The molecule has 4 heteroatoms. The van der Waals surface area contributed by atoms with Gasteiger partial charge in [0.25, 0.3) is 0 Å². The Morgan fingerprint density at radius 1 is 1.27 bits per heavy atom. The van der Waals surface area contributed by atoms with Gasteiger partial charge in [-0.3, -0.25) is 0 Å². The SMILES string of the molecule is CC(C)[C@@H](CC(=O)[O-])C(=O)[O-]. The molecule has 0 saturated heterocycles. The van der Waals surface area contributed by atoms with Gasteiger partial charge in [-0.25, -0.2) is 0 Å². The quantitative estimate of drug-likeness (QED) is 0.481. The molecular formula is C7H10O4-2. The summed E-state index contributed by atoms with van der Waals surface area (Å²) in [6.07, 6.45) is -0.472. The molecule has 0 unspecified atom stereocenters. The topological polar surface area (TPSA) is 80.3 Å². The van der Waals surface area contributed by atoms with E-state index >= 15 is 0 Å². The number of carbonyl (C=O) groups is 2. The van der Waals surface area contributed by atoms with E-state index in [2.05, 4.69) is 0 Å². The van der Waals surface area contributed by atoms with Gasteiger partial charge in [-0.15, -0.1) is 0 Å². The van der Waals surface area contributed by atoms with Crippen LogP contribution in [0.1, 0.15) is 20.3 Å². The minimum atomic E-state index is -1.35. The Kier molecular flexibility index (Phi) is 3.57. The molecule has 0 saturated carbocycles. The van der Waals surface area contributed by atoms with Crippen LogP contribution in [-0.4, -0.2) is 11.9 Å². The van der Waals surface area contributed by atoms with Crippen molar-refractivity contribution in [2.45, 2.75) is 20.3 Å². The predicted molar refractivity (Wildman–Crippen MR) is 33.0 cm³/mol. The average Bonchev–Trinajstić information content (AvgIpc) is 1.81. The van der Waals surface area contributed by atoms with Gasteiger partial charge in [-0.05, 0) is 12.3 Å². The fraction of sp³-hybridized carbons (Fsp3) is 0.714. The summed E-state index contributed by atoms with van der Waals surface area (Å²) in [5.74, 6) is -3.87. The molecule has 0 aromatic heterocycles. The van der Waals surface area contributed by atoms with Gasteiger partial charge in [0.2, 0.25) is 0 Å². The number of carbonyl (C=O) groups excluding carboxylic acids is 2. The number of hydrogen-bond acceptors (Lipinski definition) is 4. The van der Waals surface area contributed by atoms with E-state index in [-0.39, 0.29) is 5.92 Å². The van der Waals surface area contributed by atoms with Gasteiger partial charge >= 0.3 is 0 Å². The molecule has 64 valence electrons. The molecule has 0 radical (unpaired) electrons. The molecule has 0 spiro atoms. The van der Waals surface area contributed by atoms with Crippen molar-refractivity contribution in [1.29, 1.82) is 0 Å². The van der Waals surface area contributed by atoms with Crippen LogP contribution < -0.4 is 10.2 Å². The van der Waals surface area contributed by atoms with Crippen LogP contribution in [0.2, 0.25) is 0 Å². The van der Waals surface area contributed by atoms with Gasteiger partial charge < -0.3 is 19.8 Å². The molecule has 0 amide bonds. The van der Waals surface area contributed by atoms with Crippen molar-refractivity contribution in [3.63, 3.8) is 0 Å². The molecule has 4 nitrogen and oxygen atoms in total. The molecule has 0 rings (SSSR count). The van der Waals surface area contributed by atoms with E-state index in [1.165, 1.54) is 0 Å². The summed E-state index contributed by atoms with van der Waals surface area (Å²) in [7, 11) is 0. The highest BCUT2D eigenvalue weighted by atomic mass is 16.4. The van der Waals surface area contributed by atoms with E-state index < -0.39 is 24.3 Å². The molecule has 0 fully saturated rings. The van der Waals surface area contributed by atoms with Crippen LogP contribution >= 0.6 is 0 Å². The minimum absolute atomic E-state index is 0.238. The van der Waals surface area contributed by atoms with E-state index in [0.29, 0.717) is 0 Å². The molecule has 1 atom stereocenters. The van der Waals surface area contributed by atoms with Crippen LogP contribution in [0.3, 0.4) is 0 Å². The Morgan fingerprint density at radius 2 is 1.73 bits per heavy atom. The number of aliphatic carboxylic acids is 2. The molecule has 0 aliphatic rings. The highest BCUT2D eigenvalue weighted by molar-refractivity contribution is 5.75. The maximum absolute atomic E-state index is 10.3. The lowest BCUT2D eigenvalue weighted by Gasteiger charge is -2.21. The van der Waals surface area contributed by atoms with Gasteiger partial charge in [0, 0.05) is 17.9 Å². The van der Waals surface area contributed by atoms with Crippen LogP contribution in [0.15, 0.2) is 0 Å². The highest BCUT2D eigenvalue weighted by Gasteiger charge is 2.14. The first-order chi connectivity index (χ1) is 4.95. The predicted octanol–water partition coefficient (Wildman–Crippen LogP) is -1.85. The van der Waals surface area contributed by atoms with Gasteiger partial charge in [0.15, 0.2) is 0 Å². The third kappa shape index (κ3) is 3.60. The Balaban J connectivity index is 4.12. The highest BCUT2D eigenvalue weighted by Crippen LogP contribution is 2.13. The molecule has 0 aliphatic heterocycles. The van der Waals surface area contributed by atoms with Crippen molar-refractivity contribution >= 4 is 11.9 Å². The number of carboxylic acid groups (broad SMARTS) is 2. The van der Waals surface area contributed by atoms with Crippen LogP contribution in [0.25, 0.3) is 0 Å². The Morgan fingerprint density at radius 3 is 1.82 bits per heavy atom. The van der Waals surface area contributed by atoms with E-state index in [1.807, 2.05) is 0 Å². The zero-order valence-corrected chi connectivity index (χ0v) is 6.49. The zero-order valence-electron chi connectivity index (χ0n) is 6.49. The molecule has 0 aliphatic carbocycles. The molecule has 0 aromatic rings. The molecule has 0 N–H and O–H groups in total. The molecule has 11 heavy (non-hydrogen) atoms. The van der Waals surface area contributed by atoms with Gasteiger partial charge in [-0.2, -0.15) is 0 Å². The van der Waals surface area contributed by atoms with E-state index in [0.717, 1.165) is 0 Å². The number of carboxylic acids is 2. The minimum Gasteiger partial charge on any atom is -0.550 e. The van der Waals surface area contributed by atoms with Crippen molar-refractivity contribution in [2.24, 2.45) is 11.8 Å². The normalized spacial score (nSPS) is 13.0. The smallest absolute Gasteiger partial charge is 0.0451 e. The summed E-state index contributed by atoms with van der Waals surface area (Å²) in [5.41, 5.74) is 0. The molecule has 0 heterocycles. The van der Waals surface area contributed by atoms with Crippen molar-refractivity contribution < 1.29 is 19.8 Å². The standard InChI is InChI=1S/C7H12O4/c1-4(2)5(7(10)11)3-6(8)9/h4-5H,3H2,1-2H3,(H,8,9)(H,10,11)/p-2/t5-/m1/s1. The van der Waals surface area contributed by atoms with Crippen molar-refractivity contribution in [3.8, 4) is 0 Å². The van der Waals surface area contributed by atoms with Gasteiger partial charge in [0.1, 0.15) is 0 Å². The lowest BCUT2D eigenvalue weighted by atomic mass is 9.93. The second-order valence-electron chi connectivity index (χ2n) is 2.75. The summed E-state index contributed by atoms with van der Waals surface area (Å²) in [4.78, 5) is 20.3. The molecular weight excluding hydrogens is 148 g/mol. The third-order valence-corrected chi connectivity index (χ3v) is 1.49. The van der Waals surface area contributed by atoms with Crippen LogP contribution in [0.5, 0.6) is 0 Å². The summed E-state index contributed by atoms with van der Waals surface area (Å²) in [6, 6.07) is 0. The van der Waals surface area contributed by atoms with Crippen LogP contribution in [0.4, 0.5) is 0 Å². The van der Waals surface area contributed by atoms with E-state index in [4.69, 9.17) is 0 Å². The maximum Gasteiger partial charge on any atom is 0.0451 e. The van der Waals surface area contributed by atoms with Crippen LogP contribution in [0, 0.1) is 11.8 Å². The molecule has 0 bridgehead atoms. The Hall–Kier alpha value is -1.06. The van der Waals surface area contributed by atoms with E-state index in [9.17, 15) is 19.8 Å². The first-order valence-corrected chi connectivity index (χ1v) is 3.36. The number of rotatable bonds is 4. The summed E-state index contributed by atoms with van der Waals surface area (Å²) >= 11 is 0. The fourth-order valence-electron chi connectivity index (χ4n) is 0.771. The second kappa shape index (κ2) is 3.95. The first kappa shape index (κ1) is 9.94. The fourth-order valence-corrected chi connectivity index (χ4v) is 0.771. The van der Waals surface area contributed by atoms with Crippen molar-refractivity contribution in [3.05, 3.63) is 0 Å². The lowest BCUT2D eigenvalue weighted by Crippen LogP contribution is -2.38.